The largest absolute Gasteiger partial charge is 0.381 e. The van der Waals surface area contributed by atoms with Crippen molar-refractivity contribution >= 4 is 11.8 Å². The lowest BCUT2D eigenvalue weighted by Gasteiger charge is -2.35. The molecule has 2 aliphatic rings. The van der Waals surface area contributed by atoms with E-state index in [9.17, 15) is 9.59 Å². The van der Waals surface area contributed by atoms with Crippen LogP contribution in [-0.4, -0.2) is 42.7 Å². The Labute approximate surface area is 132 Å². The second kappa shape index (κ2) is 7.42. The molecular weight excluding hydrogens is 282 g/mol. The van der Waals surface area contributed by atoms with E-state index in [4.69, 9.17) is 10.5 Å². The minimum atomic E-state index is -0.814. The van der Waals surface area contributed by atoms with Crippen molar-refractivity contribution in [3.8, 4) is 0 Å². The monoisotopic (exact) mass is 311 g/mol. The van der Waals surface area contributed by atoms with Gasteiger partial charge in [-0.25, -0.2) is 0 Å². The molecule has 1 aliphatic heterocycles. The van der Waals surface area contributed by atoms with Crippen molar-refractivity contribution in [3.63, 3.8) is 0 Å². The van der Waals surface area contributed by atoms with E-state index in [1.807, 2.05) is 13.8 Å². The van der Waals surface area contributed by atoms with Gasteiger partial charge in [0.25, 0.3) is 0 Å². The van der Waals surface area contributed by atoms with Gasteiger partial charge >= 0.3 is 0 Å². The van der Waals surface area contributed by atoms with E-state index in [0.717, 1.165) is 19.3 Å². The smallest absolute Gasteiger partial charge is 0.240 e. The first-order valence-electron chi connectivity index (χ1n) is 8.39. The van der Waals surface area contributed by atoms with Gasteiger partial charge in [0.1, 0.15) is 0 Å². The summed E-state index contributed by atoms with van der Waals surface area (Å²) < 4.78 is 5.28. The van der Waals surface area contributed by atoms with Gasteiger partial charge in [-0.2, -0.15) is 0 Å². The molecule has 1 saturated heterocycles. The van der Waals surface area contributed by atoms with Crippen molar-refractivity contribution in [3.05, 3.63) is 0 Å². The van der Waals surface area contributed by atoms with Crippen molar-refractivity contribution in [1.29, 1.82) is 0 Å². The lowest BCUT2D eigenvalue weighted by molar-refractivity contribution is -0.132. The highest BCUT2D eigenvalue weighted by atomic mass is 16.5. The van der Waals surface area contributed by atoms with Crippen LogP contribution in [0.15, 0.2) is 0 Å². The lowest BCUT2D eigenvalue weighted by atomic mass is 9.83. The number of nitrogens with two attached hydrogens (primary N) is 1. The standard InChI is InChI=1S/C16H29N3O3/c1-11(2)18-14(20)12-4-3-5-13(10-12)19-15(21)16(17)6-8-22-9-7-16/h11-13H,3-10,17H2,1-2H3,(H,18,20)(H,19,21). The molecule has 2 amide bonds. The number of amides is 2. The number of ether oxygens (including phenoxy) is 1. The summed E-state index contributed by atoms with van der Waals surface area (Å²) in [5.41, 5.74) is 5.39. The number of nitrogens with one attached hydrogen (secondary N) is 2. The number of hydrogen-bond donors (Lipinski definition) is 3. The zero-order valence-corrected chi connectivity index (χ0v) is 13.7. The third-order valence-corrected chi connectivity index (χ3v) is 4.65. The summed E-state index contributed by atoms with van der Waals surface area (Å²) in [6.07, 6.45) is 4.60. The Morgan fingerprint density at radius 1 is 1.23 bits per heavy atom. The molecule has 1 heterocycles. The SMILES string of the molecule is CC(C)NC(=O)C1CCCC(NC(=O)C2(N)CCOCC2)C1. The number of carbonyl (C=O) groups excluding carboxylic acids is 2. The normalized spacial score (nSPS) is 28.2. The fraction of sp³-hybridized carbons (Fsp3) is 0.875. The molecule has 1 saturated carbocycles. The first-order valence-corrected chi connectivity index (χ1v) is 8.39. The van der Waals surface area contributed by atoms with E-state index in [2.05, 4.69) is 10.6 Å². The molecule has 6 heteroatoms. The summed E-state index contributed by atoms with van der Waals surface area (Å²) in [7, 11) is 0. The molecule has 0 spiro atoms. The Morgan fingerprint density at radius 2 is 1.91 bits per heavy atom. The Balaban J connectivity index is 1.87. The van der Waals surface area contributed by atoms with Crippen LogP contribution in [0.2, 0.25) is 0 Å². The van der Waals surface area contributed by atoms with Gasteiger partial charge in [0.2, 0.25) is 11.8 Å². The number of hydrogen-bond acceptors (Lipinski definition) is 4. The van der Waals surface area contributed by atoms with E-state index in [0.29, 0.717) is 32.5 Å². The van der Waals surface area contributed by atoms with Crippen molar-refractivity contribution in [2.75, 3.05) is 13.2 Å². The lowest BCUT2D eigenvalue weighted by Crippen LogP contribution is -2.59. The summed E-state index contributed by atoms with van der Waals surface area (Å²) in [6.45, 7) is 4.99. The summed E-state index contributed by atoms with van der Waals surface area (Å²) in [5, 5.41) is 6.03. The maximum Gasteiger partial charge on any atom is 0.240 e. The van der Waals surface area contributed by atoms with Crippen LogP contribution in [0.5, 0.6) is 0 Å². The molecule has 0 aromatic rings. The Kier molecular flexibility index (Phi) is 5.81. The molecule has 0 bridgehead atoms. The van der Waals surface area contributed by atoms with Crippen molar-refractivity contribution in [2.45, 2.75) is 70.0 Å². The van der Waals surface area contributed by atoms with Crippen molar-refractivity contribution in [1.82, 2.24) is 10.6 Å². The fourth-order valence-corrected chi connectivity index (χ4v) is 3.25. The average Bonchev–Trinajstić information content (AvgIpc) is 2.47. The van der Waals surface area contributed by atoms with Gasteiger partial charge in [0, 0.05) is 31.2 Å². The molecule has 126 valence electrons. The van der Waals surface area contributed by atoms with Crippen LogP contribution in [-0.2, 0) is 14.3 Å². The molecular formula is C16H29N3O3. The second-order valence-electron chi connectivity index (χ2n) is 6.97. The molecule has 2 rings (SSSR count). The quantitative estimate of drug-likeness (QED) is 0.712. The van der Waals surface area contributed by atoms with Crippen LogP contribution in [0.4, 0.5) is 0 Å². The molecule has 1 aliphatic carbocycles. The van der Waals surface area contributed by atoms with Crippen LogP contribution in [0, 0.1) is 5.92 Å². The van der Waals surface area contributed by atoms with Crippen LogP contribution >= 0.6 is 0 Å². The van der Waals surface area contributed by atoms with Gasteiger partial charge in [0.05, 0.1) is 5.54 Å². The van der Waals surface area contributed by atoms with E-state index in [1.165, 1.54) is 0 Å². The van der Waals surface area contributed by atoms with E-state index >= 15 is 0 Å². The average molecular weight is 311 g/mol. The van der Waals surface area contributed by atoms with E-state index in [-0.39, 0.29) is 29.8 Å². The molecule has 22 heavy (non-hydrogen) atoms. The fourth-order valence-electron chi connectivity index (χ4n) is 3.25. The molecule has 6 nitrogen and oxygen atoms in total. The van der Waals surface area contributed by atoms with Crippen molar-refractivity contribution in [2.24, 2.45) is 11.7 Å². The Hall–Kier alpha value is -1.14. The molecule has 2 unspecified atom stereocenters. The van der Waals surface area contributed by atoms with Crippen LogP contribution in [0.3, 0.4) is 0 Å². The zero-order valence-electron chi connectivity index (χ0n) is 13.7. The summed E-state index contributed by atoms with van der Waals surface area (Å²) in [6, 6.07) is 0.199. The van der Waals surface area contributed by atoms with Gasteiger partial charge in [0.15, 0.2) is 0 Å². The summed E-state index contributed by atoms with van der Waals surface area (Å²) in [4.78, 5) is 24.6. The van der Waals surface area contributed by atoms with E-state index in [1.54, 1.807) is 0 Å². The maximum atomic E-state index is 12.5. The third-order valence-electron chi connectivity index (χ3n) is 4.65. The molecule has 4 N–H and O–H groups in total. The summed E-state index contributed by atoms with van der Waals surface area (Å²) in [5.74, 6) is -0.00180. The van der Waals surface area contributed by atoms with E-state index < -0.39 is 5.54 Å². The number of carbonyl (C=O) groups is 2. The van der Waals surface area contributed by atoms with Gasteiger partial charge in [-0.3, -0.25) is 9.59 Å². The third kappa shape index (κ3) is 4.43. The predicted molar refractivity (Wildman–Crippen MR) is 84.1 cm³/mol. The molecule has 0 aromatic carbocycles. The first kappa shape index (κ1) is 17.2. The molecule has 2 fully saturated rings. The zero-order chi connectivity index (χ0) is 16.2. The molecule has 0 radical (unpaired) electrons. The van der Waals surface area contributed by atoms with Crippen LogP contribution in [0.25, 0.3) is 0 Å². The highest BCUT2D eigenvalue weighted by Crippen LogP contribution is 2.26. The van der Waals surface area contributed by atoms with Gasteiger partial charge in [-0.05, 0) is 46.0 Å². The van der Waals surface area contributed by atoms with Crippen LogP contribution in [0.1, 0.15) is 52.4 Å². The van der Waals surface area contributed by atoms with Crippen molar-refractivity contribution < 1.29 is 14.3 Å². The Morgan fingerprint density at radius 3 is 2.55 bits per heavy atom. The molecule has 0 aromatic heterocycles. The maximum absolute atomic E-state index is 12.5. The van der Waals surface area contributed by atoms with Gasteiger partial charge in [-0.1, -0.05) is 6.42 Å². The second-order valence-corrected chi connectivity index (χ2v) is 6.97. The Bertz CT molecular complexity index is 405. The van der Waals surface area contributed by atoms with Crippen LogP contribution < -0.4 is 16.4 Å². The van der Waals surface area contributed by atoms with Gasteiger partial charge < -0.3 is 21.1 Å². The topological polar surface area (TPSA) is 93.5 Å². The summed E-state index contributed by atoms with van der Waals surface area (Å²) >= 11 is 0. The minimum absolute atomic E-state index is 0.00939. The predicted octanol–water partition coefficient (Wildman–Crippen LogP) is 0.694. The highest BCUT2D eigenvalue weighted by Gasteiger charge is 2.38. The first-order chi connectivity index (χ1) is 10.4. The minimum Gasteiger partial charge on any atom is -0.381 e. The highest BCUT2D eigenvalue weighted by molar-refractivity contribution is 5.86. The number of rotatable bonds is 4. The van der Waals surface area contributed by atoms with Gasteiger partial charge in [-0.15, -0.1) is 0 Å². The molecule has 2 atom stereocenters.